The van der Waals surface area contributed by atoms with Crippen molar-refractivity contribution in [3.63, 3.8) is 0 Å². The van der Waals surface area contributed by atoms with Crippen molar-refractivity contribution in [1.29, 1.82) is 0 Å². The van der Waals surface area contributed by atoms with Crippen LogP contribution in [0.4, 0.5) is 0 Å². The minimum absolute atomic E-state index is 0.0000926. The van der Waals surface area contributed by atoms with E-state index in [1.54, 1.807) is 41.5 Å². The van der Waals surface area contributed by atoms with Gasteiger partial charge in [0.25, 0.3) is 0 Å². The lowest BCUT2D eigenvalue weighted by Gasteiger charge is -2.26. The zero-order chi connectivity index (χ0) is 19.7. The van der Waals surface area contributed by atoms with Crippen molar-refractivity contribution in [3.05, 3.63) is 0 Å². The largest absolute Gasteiger partial charge is 0.481 e. The molecule has 0 amide bonds. The molecule has 0 aromatic heterocycles. The summed E-state index contributed by atoms with van der Waals surface area (Å²) in [5.74, 6) is -3.38. The van der Waals surface area contributed by atoms with E-state index in [0.717, 1.165) is 0 Å². The summed E-state index contributed by atoms with van der Waals surface area (Å²) in [6, 6.07) is 0. The second kappa shape index (κ2) is 10.1. The van der Waals surface area contributed by atoms with Gasteiger partial charge in [-0.15, -0.1) is 0 Å². The Hall–Kier alpha value is -1.92. The maximum atomic E-state index is 11.1. The Balaban J connectivity index is 0. The normalized spacial score (nSPS) is 12.6. The van der Waals surface area contributed by atoms with Crippen molar-refractivity contribution >= 4 is 23.7 Å². The van der Waals surface area contributed by atoms with E-state index < -0.39 is 29.2 Å². The lowest BCUT2D eigenvalue weighted by atomic mass is 9.78. The van der Waals surface area contributed by atoms with Gasteiger partial charge in [-0.3, -0.25) is 19.2 Å². The molecule has 0 aromatic carbocycles. The molecule has 3 N–H and O–H groups in total. The minimum Gasteiger partial charge on any atom is -0.481 e. The van der Waals surface area contributed by atoms with Crippen molar-refractivity contribution in [2.75, 3.05) is 0 Å². The van der Waals surface area contributed by atoms with Gasteiger partial charge in [0.05, 0.1) is 12.3 Å². The molecule has 0 radical (unpaired) electrons. The summed E-state index contributed by atoms with van der Waals surface area (Å²) in [5, 5.41) is 25.5. The third-order valence-corrected chi connectivity index (χ3v) is 3.39. The number of hydrogen-bond acceptors (Lipinski definition) is 4. The van der Waals surface area contributed by atoms with Gasteiger partial charge < -0.3 is 15.3 Å². The Morgan fingerprint density at radius 1 is 0.750 bits per heavy atom. The highest BCUT2D eigenvalue weighted by Crippen LogP contribution is 2.29. The average Bonchev–Trinajstić information content (AvgIpc) is 2.32. The summed E-state index contributed by atoms with van der Waals surface area (Å²) < 4.78 is 0. The first kappa shape index (κ1) is 24.3. The zero-order valence-corrected chi connectivity index (χ0v) is 15.4. The van der Waals surface area contributed by atoms with Crippen LogP contribution in [0.15, 0.2) is 0 Å². The minimum atomic E-state index is -0.949. The average molecular weight is 346 g/mol. The van der Waals surface area contributed by atoms with Crippen LogP contribution in [0.2, 0.25) is 0 Å². The SMILES string of the molecule is CC(C)(C)C(=O)CCC(=O)O.CC(C)(C)C(CCC(=O)O)C(=O)O. The van der Waals surface area contributed by atoms with E-state index in [0.29, 0.717) is 0 Å². The number of carbonyl (C=O) groups excluding carboxylic acids is 1. The van der Waals surface area contributed by atoms with Gasteiger partial charge in [0.15, 0.2) is 0 Å². The standard InChI is InChI=1S/C9H16O4.C8H14O3/c1-9(2,3)6(8(12)13)4-5-7(10)11;1-8(2,3)6(9)4-5-7(10)11/h6H,4-5H2,1-3H3,(H,10,11)(H,12,13);4-5H2,1-3H3,(H,10,11). The van der Waals surface area contributed by atoms with Gasteiger partial charge in [-0.25, -0.2) is 0 Å². The summed E-state index contributed by atoms with van der Waals surface area (Å²) in [6.07, 6.45) is 0.178. The van der Waals surface area contributed by atoms with Crippen molar-refractivity contribution in [3.8, 4) is 0 Å². The van der Waals surface area contributed by atoms with Crippen LogP contribution in [0, 0.1) is 16.7 Å². The molecule has 7 nitrogen and oxygen atoms in total. The number of Topliss-reactive ketones (excluding diaryl/α,β-unsaturated/α-hetero) is 1. The first-order valence-corrected chi connectivity index (χ1v) is 7.78. The van der Waals surface area contributed by atoms with Crippen LogP contribution in [-0.4, -0.2) is 39.0 Å². The Morgan fingerprint density at radius 2 is 1.17 bits per heavy atom. The third-order valence-electron chi connectivity index (χ3n) is 3.39. The van der Waals surface area contributed by atoms with Gasteiger partial charge >= 0.3 is 17.9 Å². The summed E-state index contributed by atoms with van der Waals surface area (Å²) in [7, 11) is 0. The molecule has 0 spiro atoms. The molecule has 0 rings (SSSR count). The molecule has 1 unspecified atom stereocenters. The molecule has 0 saturated carbocycles. The van der Waals surface area contributed by atoms with Gasteiger partial charge in [0.2, 0.25) is 0 Å². The molecular weight excluding hydrogens is 316 g/mol. The Labute approximate surface area is 143 Å². The number of hydrogen-bond donors (Lipinski definition) is 3. The molecule has 140 valence electrons. The van der Waals surface area contributed by atoms with Gasteiger partial charge in [-0.2, -0.15) is 0 Å². The van der Waals surface area contributed by atoms with Crippen LogP contribution in [0.1, 0.15) is 67.2 Å². The molecule has 0 aromatic rings. The fraction of sp³-hybridized carbons (Fsp3) is 0.765. The summed E-state index contributed by atoms with van der Waals surface area (Å²) in [4.78, 5) is 42.2. The first-order valence-electron chi connectivity index (χ1n) is 7.78. The summed E-state index contributed by atoms with van der Waals surface area (Å²) in [6.45, 7) is 10.8. The van der Waals surface area contributed by atoms with Crippen LogP contribution >= 0.6 is 0 Å². The van der Waals surface area contributed by atoms with Gasteiger partial charge in [-0.05, 0) is 11.8 Å². The van der Waals surface area contributed by atoms with Crippen LogP contribution in [0.3, 0.4) is 0 Å². The maximum absolute atomic E-state index is 11.1. The van der Waals surface area contributed by atoms with Crippen molar-refractivity contribution in [1.82, 2.24) is 0 Å². The quantitative estimate of drug-likeness (QED) is 0.646. The second-order valence-corrected chi connectivity index (χ2v) is 7.76. The number of aliphatic carboxylic acids is 3. The van der Waals surface area contributed by atoms with Crippen molar-refractivity contribution in [2.24, 2.45) is 16.7 Å². The highest BCUT2D eigenvalue weighted by atomic mass is 16.4. The lowest BCUT2D eigenvalue weighted by molar-refractivity contribution is -0.146. The van der Waals surface area contributed by atoms with E-state index in [1.807, 2.05) is 0 Å². The molecule has 0 fully saturated rings. The Kier molecular flexibility index (Phi) is 10.2. The maximum Gasteiger partial charge on any atom is 0.307 e. The number of carbonyl (C=O) groups is 4. The number of carboxylic acids is 3. The number of rotatable bonds is 7. The van der Waals surface area contributed by atoms with E-state index in [9.17, 15) is 19.2 Å². The van der Waals surface area contributed by atoms with Gasteiger partial charge in [-0.1, -0.05) is 41.5 Å². The molecular formula is C17H30O7. The molecule has 0 saturated heterocycles. The van der Waals surface area contributed by atoms with E-state index in [-0.39, 0.29) is 36.9 Å². The fourth-order valence-corrected chi connectivity index (χ4v) is 1.79. The summed E-state index contributed by atoms with van der Waals surface area (Å²) in [5.41, 5.74) is -0.795. The van der Waals surface area contributed by atoms with E-state index in [1.165, 1.54) is 0 Å². The van der Waals surface area contributed by atoms with E-state index in [2.05, 4.69) is 0 Å². The third kappa shape index (κ3) is 12.6. The highest BCUT2D eigenvalue weighted by molar-refractivity contribution is 5.86. The molecule has 0 bridgehead atoms. The van der Waals surface area contributed by atoms with Crippen LogP contribution in [0.5, 0.6) is 0 Å². The lowest BCUT2D eigenvalue weighted by Crippen LogP contribution is -2.28. The Morgan fingerprint density at radius 3 is 1.42 bits per heavy atom. The van der Waals surface area contributed by atoms with Crippen LogP contribution in [0.25, 0.3) is 0 Å². The summed E-state index contributed by atoms with van der Waals surface area (Å²) >= 11 is 0. The Bertz CT molecular complexity index is 453. The fourth-order valence-electron chi connectivity index (χ4n) is 1.79. The monoisotopic (exact) mass is 346 g/mol. The number of ketones is 1. The molecule has 0 aliphatic carbocycles. The molecule has 0 aliphatic rings. The zero-order valence-electron chi connectivity index (χ0n) is 15.4. The van der Waals surface area contributed by atoms with Crippen molar-refractivity contribution < 1.29 is 34.5 Å². The second-order valence-electron chi connectivity index (χ2n) is 7.76. The molecule has 0 heterocycles. The van der Waals surface area contributed by atoms with E-state index >= 15 is 0 Å². The van der Waals surface area contributed by atoms with E-state index in [4.69, 9.17) is 15.3 Å². The predicted molar refractivity (Wildman–Crippen MR) is 88.8 cm³/mol. The smallest absolute Gasteiger partial charge is 0.307 e. The predicted octanol–water partition coefficient (Wildman–Crippen LogP) is 3.06. The van der Waals surface area contributed by atoms with Gasteiger partial charge in [0, 0.05) is 18.3 Å². The first-order chi connectivity index (χ1) is 10.6. The van der Waals surface area contributed by atoms with Crippen LogP contribution < -0.4 is 0 Å². The van der Waals surface area contributed by atoms with Crippen LogP contribution in [-0.2, 0) is 19.2 Å². The molecule has 24 heavy (non-hydrogen) atoms. The topological polar surface area (TPSA) is 129 Å². The highest BCUT2D eigenvalue weighted by Gasteiger charge is 2.31. The van der Waals surface area contributed by atoms with Crippen molar-refractivity contribution in [2.45, 2.75) is 67.2 Å². The number of carboxylic acid groups (broad SMARTS) is 3. The molecule has 1 atom stereocenters. The molecule has 7 heteroatoms. The van der Waals surface area contributed by atoms with Gasteiger partial charge in [0.1, 0.15) is 5.78 Å². The molecule has 0 aliphatic heterocycles.